The van der Waals surface area contributed by atoms with E-state index in [0.29, 0.717) is 0 Å². The van der Waals surface area contributed by atoms with E-state index in [9.17, 15) is 0 Å². The average molecular weight is 1820 g/mol. The Morgan fingerprint density at radius 2 is 0.259 bits per heavy atom. The van der Waals surface area contributed by atoms with Crippen molar-refractivity contribution in [3.05, 3.63) is 546 Å². The van der Waals surface area contributed by atoms with E-state index in [1.165, 1.54) is 185 Å². The first-order valence-corrected chi connectivity index (χ1v) is 49.2. The Hall–Kier alpha value is -18.9. The third kappa shape index (κ3) is 14.4. The van der Waals surface area contributed by atoms with Gasteiger partial charge < -0.3 is 22.7 Å². The standard InChI is InChI=1S/C48H32N2.C48H31N.C42H27NO/c1-3-15-35(16-4-1)49-45-25-13-11-23-41(45)39-21-9-7-19-37(39)38-20-8-10-22-40(38)43-31-33(27-29-47(43)49)34-28-30-48-44(32-34)42-24-12-14-26-46(42)50(48)36-17-5-2-6-18-36;1-2-14-34(15-3-1)49-47-25-13-12-24-44(47)40-21-9-6-17-36(40)38-19-8-11-23-42(38)46-31-33(27-29-48(46)49)32-26-28-43-39-20-5-4-16-35(39)37-18-7-10-22-41(37)45(43)30-32;1-2-12-30(13-3-1)43-39-20-10-8-18-35(39)33-16-6-4-14-31(33)32-15-5-7-17-34(32)37-26-28(22-24-40(37)43)29-23-25-42-38(27-29)36-19-9-11-21-41(36)44-42/h1-32H;1-31H;1-27H. The minimum Gasteiger partial charge on any atom is -0.456 e. The van der Waals surface area contributed by atoms with Gasteiger partial charge in [0.05, 0.1) is 44.1 Å². The van der Waals surface area contributed by atoms with E-state index < -0.39 is 0 Å². The average Bonchev–Trinajstić information content (AvgIpc) is 1.62. The fraction of sp³-hybridized carbons (Fsp3) is 0. The van der Waals surface area contributed by atoms with Crippen LogP contribution in [-0.2, 0) is 0 Å². The Labute approximate surface area is 825 Å². The fourth-order valence-corrected chi connectivity index (χ4v) is 22.7. The first-order chi connectivity index (χ1) is 71.0. The summed E-state index contributed by atoms with van der Waals surface area (Å²) < 4.78 is 15.8. The highest BCUT2D eigenvalue weighted by molar-refractivity contribution is 6.28. The lowest BCUT2D eigenvalue weighted by Crippen LogP contribution is -1.97. The number of nitrogens with zero attached hydrogens (tertiary/aromatic N) is 4. The lowest BCUT2D eigenvalue weighted by atomic mass is 9.91. The molecule has 0 spiro atoms. The van der Waals surface area contributed by atoms with Crippen LogP contribution in [0, 0.1) is 0 Å². The molecule has 0 amide bonds. The van der Waals surface area contributed by atoms with Crippen LogP contribution in [-0.4, -0.2) is 18.3 Å². The maximum atomic E-state index is 6.15. The molecule has 0 saturated heterocycles. The summed E-state index contributed by atoms with van der Waals surface area (Å²) >= 11 is 0. The Balaban J connectivity index is 0.000000107. The van der Waals surface area contributed by atoms with Gasteiger partial charge in [-0.15, -0.1) is 0 Å². The molecule has 5 heterocycles. The van der Waals surface area contributed by atoms with Crippen molar-refractivity contribution in [2.24, 2.45) is 0 Å². The highest BCUT2D eigenvalue weighted by Crippen LogP contribution is 2.46. The molecule has 5 heteroatoms. The molecule has 668 valence electrons. The SMILES string of the molecule is c1ccc(-n2c3ccccc3c3ccccc3c3ccccc3c3cc(-c4ccc5c(c4)c4ccccc4n5-c4ccccc4)ccc32)cc1.c1ccc(-n2c3ccccc3c3ccccc3c3ccccc3c3cc(-c4ccc5c6ccccc6c6ccccc6c5c4)ccc32)cc1.c1ccc(-n2c3ccccc3c3ccccc3c3ccccc3c3cc(-c4ccc5oc6ccccc6c5c4)ccc32)cc1. The van der Waals surface area contributed by atoms with Gasteiger partial charge in [0.1, 0.15) is 11.2 Å². The van der Waals surface area contributed by atoms with Crippen LogP contribution in [0.15, 0.2) is 550 Å². The molecule has 0 saturated carbocycles. The lowest BCUT2D eigenvalue weighted by molar-refractivity contribution is 0.669. The van der Waals surface area contributed by atoms with Crippen molar-refractivity contribution in [2.45, 2.75) is 0 Å². The molecule has 143 heavy (non-hydrogen) atoms. The summed E-state index contributed by atoms with van der Waals surface area (Å²) in [6.07, 6.45) is 0. The molecule has 0 radical (unpaired) electrons. The maximum Gasteiger partial charge on any atom is 0.135 e. The van der Waals surface area contributed by atoms with Gasteiger partial charge in [-0.3, -0.25) is 0 Å². The van der Waals surface area contributed by atoms with Crippen LogP contribution in [0.25, 0.3) is 262 Å². The summed E-state index contributed by atoms with van der Waals surface area (Å²) in [5.41, 5.74) is 22.8. The summed E-state index contributed by atoms with van der Waals surface area (Å²) in [5.74, 6) is 0. The molecule has 24 aromatic carbocycles. The van der Waals surface area contributed by atoms with Crippen LogP contribution in [0.2, 0.25) is 0 Å². The number of rotatable bonds is 7. The van der Waals surface area contributed by atoms with E-state index >= 15 is 0 Å². The monoisotopic (exact) mass is 1820 g/mol. The van der Waals surface area contributed by atoms with Crippen LogP contribution in [0.5, 0.6) is 0 Å². The second-order valence-corrected chi connectivity index (χ2v) is 37.1. The molecule has 0 aliphatic carbocycles. The van der Waals surface area contributed by atoms with E-state index in [2.05, 4.69) is 552 Å². The number of benzene rings is 24. The van der Waals surface area contributed by atoms with Gasteiger partial charge in [0.15, 0.2) is 0 Å². The second-order valence-electron chi connectivity index (χ2n) is 37.1. The maximum absolute atomic E-state index is 6.15. The van der Waals surface area contributed by atoms with Gasteiger partial charge >= 0.3 is 0 Å². The predicted molar refractivity (Wildman–Crippen MR) is 611 cm³/mol. The fourth-order valence-electron chi connectivity index (χ4n) is 22.7. The zero-order valence-corrected chi connectivity index (χ0v) is 78.2. The number of furan rings is 1. The molecule has 0 atom stereocenters. The first-order valence-electron chi connectivity index (χ1n) is 49.2. The normalized spacial score (nSPS) is 11.6. The van der Waals surface area contributed by atoms with E-state index in [4.69, 9.17) is 4.42 Å². The highest BCUT2D eigenvalue weighted by Gasteiger charge is 2.22. The summed E-state index contributed by atoms with van der Waals surface area (Å²) in [4.78, 5) is 0. The minimum absolute atomic E-state index is 0.909. The zero-order chi connectivity index (χ0) is 94.4. The zero-order valence-electron chi connectivity index (χ0n) is 78.2. The minimum atomic E-state index is 0.909. The molecular formula is C138H90N4O. The molecular weight excluding hydrogens is 1730 g/mol. The topological polar surface area (TPSA) is 32.9 Å². The van der Waals surface area contributed by atoms with Gasteiger partial charge in [0.25, 0.3) is 0 Å². The summed E-state index contributed by atoms with van der Waals surface area (Å²) in [6.45, 7) is 0. The van der Waals surface area contributed by atoms with Crippen LogP contribution in [0.3, 0.4) is 0 Å². The van der Waals surface area contributed by atoms with E-state index in [1.54, 1.807) is 0 Å². The molecule has 0 aliphatic heterocycles. The van der Waals surface area contributed by atoms with E-state index in [-0.39, 0.29) is 0 Å². The molecule has 0 bridgehead atoms. The third-order valence-corrected chi connectivity index (χ3v) is 29.2. The van der Waals surface area contributed by atoms with Crippen molar-refractivity contribution >= 4 is 206 Å². The van der Waals surface area contributed by atoms with Crippen LogP contribution in [0.4, 0.5) is 0 Å². The number of fused-ring (bicyclic) bond motifs is 33. The largest absolute Gasteiger partial charge is 0.456 e. The first kappa shape index (κ1) is 83.4. The number of hydrogen-bond acceptors (Lipinski definition) is 1. The van der Waals surface area contributed by atoms with Crippen LogP contribution >= 0.6 is 0 Å². The summed E-state index contributed by atoms with van der Waals surface area (Å²) in [6, 6.07) is 198. The quantitative estimate of drug-likeness (QED) is 0.146. The molecule has 5 nitrogen and oxygen atoms in total. The van der Waals surface area contributed by atoms with Gasteiger partial charge in [-0.2, -0.15) is 0 Å². The summed E-state index contributed by atoms with van der Waals surface area (Å²) in [5, 5.41) is 34.4. The van der Waals surface area contributed by atoms with Gasteiger partial charge in [-0.05, 0) is 276 Å². The number of aromatic nitrogens is 4. The molecule has 0 fully saturated rings. The predicted octanol–water partition coefficient (Wildman–Crippen LogP) is 38.1. The van der Waals surface area contributed by atoms with Crippen molar-refractivity contribution in [2.75, 3.05) is 0 Å². The Morgan fingerprint density at radius 3 is 0.538 bits per heavy atom. The molecule has 0 unspecified atom stereocenters. The van der Waals surface area contributed by atoms with Crippen molar-refractivity contribution < 1.29 is 4.42 Å². The van der Waals surface area contributed by atoms with Gasteiger partial charge in [0.2, 0.25) is 0 Å². The van der Waals surface area contributed by atoms with Crippen LogP contribution in [0.1, 0.15) is 0 Å². The number of hydrogen-bond donors (Lipinski definition) is 0. The third-order valence-electron chi connectivity index (χ3n) is 29.2. The molecule has 0 aliphatic rings. The van der Waals surface area contributed by atoms with Gasteiger partial charge in [0, 0.05) is 76.6 Å². The molecule has 29 aromatic rings. The lowest BCUT2D eigenvalue weighted by Gasteiger charge is -2.15. The summed E-state index contributed by atoms with van der Waals surface area (Å²) in [7, 11) is 0. The van der Waals surface area contributed by atoms with Gasteiger partial charge in [-0.25, -0.2) is 0 Å². The van der Waals surface area contributed by atoms with Crippen molar-refractivity contribution in [3.63, 3.8) is 0 Å². The second kappa shape index (κ2) is 35.3. The highest BCUT2D eigenvalue weighted by atomic mass is 16.3. The Morgan fingerprint density at radius 1 is 0.0979 bits per heavy atom. The Bertz CT molecular complexity index is 10400. The van der Waals surface area contributed by atoms with Crippen molar-refractivity contribution in [3.8, 4) is 56.1 Å². The van der Waals surface area contributed by atoms with E-state index in [0.717, 1.165) is 77.7 Å². The van der Waals surface area contributed by atoms with Crippen molar-refractivity contribution in [1.29, 1.82) is 0 Å². The number of para-hydroxylation sites is 9. The Kier molecular flexibility index (Phi) is 20.6. The van der Waals surface area contributed by atoms with Gasteiger partial charge in [-0.1, -0.05) is 400 Å². The van der Waals surface area contributed by atoms with Crippen LogP contribution < -0.4 is 0 Å². The van der Waals surface area contributed by atoms with E-state index in [1.807, 2.05) is 12.1 Å². The molecule has 0 N–H and O–H groups in total. The molecule has 29 rings (SSSR count). The smallest absolute Gasteiger partial charge is 0.135 e. The van der Waals surface area contributed by atoms with Crippen molar-refractivity contribution in [1.82, 2.24) is 18.3 Å². The molecule has 5 aromatic heterocycles.